The zero-order valence-electron chi connectivity index (χ0n) is 21.2. The molecule has 0 unspecified atom stereocenters. The van der Waals surface area contributed by atoms with Crippen molar-refractivity contribution in [3.05, 3.63) is 77.5 Å². The average molecular weight is 543 g/mol. The number of pyridine rings is 1. The Balaban J connectivity index is 1.43. The van der Waals surface area contributed by atoms with Gasteiger partial charge in [0, 0.05) is 31.4 Å². The number of hydrogen-bond acceptors (Lipinski definition) is 9. The predicted molar refractivity (Wildman–Crippen MR) is 142 cm³/mol. The molecular weight excluding hydrogens is 516 g/mol. The van der Waals surface area contributed by atoms with Crippen molar-refractivity contribution in [2.75, 3.05) is 49.0 Å². The van der Waals surface area contributed by atoms with Gasteiger partial charge in [-0.15, -0.1) is 0 Å². The predicted octanol–water partition coefficient (Wildman–Crippen LogP) is 5.05. The third-order valence-corrected chi connectivity index (χ3v) is 5.64. The summed E-state index contributed by atoms with van der Waals surface area (Å²) < 4.78 is 60.7. The van der Waals surface area contributed by atoms with E-state index in [9.17, 15) is 17.6 Å². The van der Waals surface area contributed by atoms with Crippen molar-refractivity contribution in [2.45, 2.75) is 13.1 Å². The maximum absolute atomic E-state index is 14.2. The summed E-state index contributed by atoms with van der Waals surface area (Å²) in [5, 5.41) is 6.97. The largest absolute Gasteiger partial charge is 0.417 e. The Morgan fingerprint density at radius 1 is 1.08 bits per heavy atom. The molecule has 0 saturated carbocycles. The standard InChI is InChI=1S/C26H26F4N8O/c1-3-4-23(31-2)20-8-7-17(13-21(20)26(28,29)30)35-19-6-5-18(32-14-19)15-34-37-25-33-16-22(27)24(36-25)38-9-11-39-12-10-38/h3-8,13-16,35H,9-12H2,1-2H3,(H,33,36,37)/b4-3-,31-23+,34-15+. The van der Waals surface area contributed by atoms with Gasteiger partial charge in [-0.25, -0.2) is 14.8 Å². The molecule has 1 aliphatic heterocycles. The average Bonchev–Trinajstić information content (AvgIpc) is 2.94. The highest BCUT2D eigenvalue weighted by Gasteiger charge is 2.34. The third-order valence-electron chi connectivity index (χ3n) is 5.64. The van der Waals surface area contributed by atoms with Crippen LogP contribution in [0.3, 0.4) is 0 Å². The molecule has 0 aliphatic carbocycles. The SMILES string of the molecule is C/C=C\C(=N/C)c1ccc(Nc2ccc(/C=N/Nc3ncc(F)c(N4CCOCC4)n3)nc2)cc1C(F)(F)F. The molecule has 39 heavy (non-hydrogen) atoms. The van der Waals surface area contributed by atoms with E-state index in [4.69, 9.17) is 4.74 Å². The lowest BCUT2D eigenvalue weighted by molar-refractivity contribution is -0.137. The second kappa shape index (κ2) is 12.4. The second-order valence-electron chi connectivity index (χ2n) is 8.30. The van der Waals surface area contributed by atoms with Gasteiger partial charge in [0.05, 0.1) is 54.5 Å². The molecule has 4 rings (SSSR count). The molecule has 1 fully saturated rings. The van der Waals surface area contributed by atoms with Gasteiger partial charge in [-0.3, -0.25) is 9.98 Å². The summed E-state index contributed by atoms with van der Waals surface area (Å²) in [5.74, 6) is -0.256. The fraction of sp³-hybridized carbons (Fsp3) is 0.269. The first kappa shape index (κ1) is 27.6. The van der Waals surface area contributed by atoms with Gasteiger partial charge in [-0.2, -0.15) is 23.3 Å². The number of rotatable bonds is 8. The number of aromatic nitrogens is 3. The number of anilines is 4. The summed E-state index contributed by atoms with van der Waals surface area (Å²) in [4.78, 5) is 18.1. The molecule has 204 valence electrons. The van der Waals surface area contributed by atoms with Crippen LogP contribution in [0.4, 0.5) is 40.7 Å². The van der Waals surface area contributed by atoms with Gasteiger partial charge >= 0.3 is 6.18 Å². The monoisotopic (exact) mass is 542 g/mol. The number of halogens is 4. The van der Waals surface area contributed by atoms with E-state index in [1.54, 1.807) is 36.1 Å². The molecular formula is C26H26F4N8O. The zero-order chi connectivity index (χ0) is 27.8. The van der Waals surface area contributed by atoms with Gasteiger partial charge in [-0.05, 0) is 37.3 Å². The molecule has 3 aromatic rings. The highest BCUT2D eigenvalue weighted by atomic mass is 19.4. The van der Waals surface area contributed by atoms with Crippen molar-refractivity contribution in [3.63, 3.8) is 0 Å². The molecule has 0 atom stereocenters. The van der Waals surface area contributed by atoms with Crippen LogP contribution < -0.4 is 15.6 Å². The number of hydrazone groups is 1. The Bertz CT molecular complexity index is 1370. The van der Waals surface area contributed by atoms with Gasteiger partial charge in [0.25, 0.3) is 0 Å². The fourth-order valence-corrected chi connectivity index (χ4v) is 3.81. The quantitative estimate of drug-likeness (QED) is 0.233. The van der Waals surface area contributed by atoms with Crippen LogP contribution in [0, 0.1) is 5.82 Å². The topological polar surface area (TPSA) is 99.9 Å². The Hall–Kier alpha value is -4.39. The minimum atomic E-state index is -4.56. The summed E-state index contributed by atoms with van der Waals surface area (Å²) in [5.41, 5.74) is 3.27. The van der Waals surface area contributed by atoms with E-state index >= 15 is 0 Å². The van der Waals surface area contributed by atoms with E-state index in [0.29, 0.717) is 37.7 Å². The Labute approximate surface area is 222 Å². The molecule has 0 spiro atoms. The number of hydrogen-bond donors (Lipinski definition) is 2. The molecule has 0 radical (unpaired) electrons. The molecule has 3 heterocycles. The number of nitrogens with one attached hydrogen (secondary N) is 2. The van der Waals surface area contributed by atoms with Crippen molar-refractivity contribution in [1.29, 1.82) is 0 Å². The van der Waals surface area contributed by atoms with Crippen LogP contribution in [0.5, 0.6) is 0 Å². The second-order valence-corrected chi connectivity index (χ2v) is 8.30. The first-order valence-electron chi connectivity index (χ1n) is 12.0. The molecule has 1 aliphatic rings. The van der Waals surface area contributed by atoms with Crippen LogP contribution in [0.1, 0.15) is 23.7 Å². The molecule has 1 saturated heterocycles. The van der Waals surface area contributed by atoms with Crippen LogP contribution in [0.15, 0.2) is 65.0 Å². The Morgan fingerprint density at radius 3 is 2.51 bits per heavy atom. The van der Waals surface area contributed by atoms with Gasteiger partial charge in [-0.1, -0.05) is 12.1 Å². The van der Waals surface area contributed by atoms with E-state index in [1.807, 2.05) is 0 Å². The first-order valence-corrected chi connectivity index (χ1v) is 12.0. The highest BCUT2D eigenvalue weighted by Crippen LogP contribution is 2.35. The van der Waals surface area contributed by atoms with Crippen molar-refractivity contribution in [1.82, 2.24) is 15.0 Å². The smallest absolute Gasteiger partial charge is 0.378 e. The summed E-state index contributed by atoms with van der Waals surface area (Å²) in [7, 11) is 1.45. The third kappa shape index (κ3) is 7.13. The first-order chi connectivity index (χ1) is 18.8. The summed E-state index contributed by atoms with van der Waals surface area (Å²) in [6.45, 7) is 3.73. The minimum Gasteiger partial charge on any atom is -0.378 e. The lowest BCUT2D eigenvalue weighted by atomic mass is 10.0. The van der Waals surface area contributed by atoms with E-state index in [2.05, 4.69) is 35.8 Å². The number of allylic oxidation sites excluding steroid dienone is 2. The molecule has 1 aromatic carbocycles. The van der Waals surface area contributed by atoms with E-state index in [1.165, 1.54) is 31.6 Å². The number of ether oxygens (including phenoxy) is 1. The molecule has 0 amide bonds. The summed E-state index contributed by atoms with van der Waals surface area (Å²) >= 11 is 0. The maximum Gasteiger partial charge on any atom is 0.417 e. The summed E-state index contributed by atoms with van der Waals surface area (Å²) in [6, 6.07) is 7.25. The van der Waals surface area contributed by atoms with E-state index < -0.39 is 17.6 Å². The molecule has 2 N–H and O–H groups in total. The van der Waals surface area contributed by atoms with Gasteiger partial charge in [0.2, 0.25) is 5.95 Å². The Morgan fingerprint density at radius 2 is 1.85 bits per heavy atom. The number of alkyl halides is 3. The number of aliphatic imine (C=N–C) groups is 1. The van der Waals surface area contributed by atoms with E-state index in [0.717, 1.165) is 12.3 Å². The molecule has 2 aromatic heterocycles. The summed E-state index contributed by atoms with van der Waals surface area (Å²) in [6.07, 6.45) is 2.55. The Kier molecular flexibility index (Phi) is 8.81. The van der Waals surface area contributed by atoms with Crippen molar-refractivity contribution < 1.29 is 22.3 Å². The highest BCUT2D eigenvalue weighted by molar-refractivity contribution is 6.10. The van der Waals surface area contributed by atoms with Gasteiger partial charge in [0.1, 0.15) is 0 Å². The zero-order valence-corrected chi connectivity index (χ0v) is 21.2. The minimum absolute atomic E-state index is 0.00645. The molecule has 13 heteroatoms. The van der Waals surface area contributed by atoms with Crippen molar-refractivity contribution in [3.8, 4) is 0 Å². The van der Waals surface area contributed by atoms with Crippen LogP contribution in [0.25, 0.3) is 0 Å². The van der Waals surface area contributed by atoms with Gasteiger partial charge in [0.15, 0.2) is 11.6 Å². The molecule has 0 bridgehead atoms. The van der Waals surface area contributed by atoms with Crippen molar-refractivity contribution in [2.24, 2.45) is 10.1 Å². The van der Waals surface area contributed by atoms with Crippen LogP contribution in [-0.4, -0.2) is 60.2 Å². The molecule has 9 nitrogen and oxygen atoms in total. The normalized spacial score (nSPS) is 14.8. The van der Waals surface area contributed by atoms with Crippen LogP contribution in [0.2, 0.25) is 0 Å². The van der Waals surface area contributed by atoms with Gasteiger partial charge < -0.3 is 15.0 Å². The maximum atomic E-state index is 14.2. The van der Waals surface area contributed by atoms with E-state index in [-0.39, 0.29) is 28.7 Å². The number of morpholine rings is 1. The van der Waals surface area contributed by atoms with Crippen LogP contribution >= 0.6 is 0 Å². The lowest BCUT2D eigenvalue weighted by Crippen LogP contribution is -2.37. The number of benzene rings is 1. The van der Waals surface area contributed by atoms with Crippen molar-refractivity contribution >= 4 is 35.1 Å². The fourth-order valence-electron chi connectivity index (χ4n) is 3.81. The van der Waals surface area contributed by atoms with Crippen LogP contribution in [-0.2, 0) is 10.9 Å². The lowest BCUT2D eigenvalue weighted by Gasteiger charge is -2.27. The number of nitrogens with zero attached hydrogens (tertiary/aromatic N) is 6.